The Morgan fingerprint density at radius 1 is 1.60 bits per heavy atom. The van der Waals surface area contributed by atoms with Crippen molar-refractivity contribution in [3.63, 3.8) is 0 Å². The van der Waals surface area contributed by atoms with E-state index in [1.165, 1.54) is 0 Å². The highest BCUT2D eigenvalue weighted by atomic mass is 16.5. The Balaban J connectivity index is 2.19. The molecule has 2 heterocycles. The molecule has 81 valence electrons. The molecule has 1 atom stereocenters. The first-order valence-corrected chi connectivity index (χ1v) is 5.22. The molecule has 0 aliphatic carbocycles. The first kappa shape index (κ1) is 10.2. The van der Waals surface area contributed by atoms with E-state index in [-0.39, 0.29) is 6.23 Å². The van der Waals surface area contributed by atoms with Gasteiger partial charge in [-0.2, -0.15) is 0 Å². The number of nitrogens with zero attached hydrogens (tertiary/aromatic N) is 3. The van der Waals surface area contributed by atoms with E-state index >= 15 is 0 Å². The number of pyridine rings is 1. The summed E-state index contributed by atoms with van der Waals surface area (Å²) in [6.45, 7) is 0.848. The minimum Gasteiger partial charge on any atom is -0.358 e. The highest BCUT2D eigenvalue weighted by molar-refractivity contribution is 5.60. The third-order valence-corrected chi connectivity index (χ3v) is 2.68. The van der Waals surface area contributed by atoms with Crippen molar-refractivity contribution in [1.82, 2.24) is 10.3 Å². The van der Waals surface area contributed by atoms with E-state index in [4.69, 9.17) is 4.74 Å². The van der Waals surface area contributed by atoms with Crippen LogP contribution < -0.4 is 10.2 Å². The van der Waals surface area contributed by atoms with Gasteiger partial charge in [-0.25, -0.2) is 4.98 Å². The Morgan fingerprint density at radius 3 is 3.13 bits per heavy atom. The number of hydrogen-bond donors (Lipinski definition) is 0. The molecule has 0 bridgehead atoms. The van der Waals surface area contributed by atoms with Crippen LogP contribution in [0.5, 0.6) is 0 Å². The molecule has 4 heteroatoms. The summed E-state index contributed by atoms with van der Waals surface area (Å²) in [6.07, 6.45) is 4.13. The normalized spacial score (nSPS) is 20.3. The fourth-order valence-electron chi connectivity index (χ4n) is 1.84. The molecule has 0 amide bonds. The Kier molecular flexibility index (Phi) is 3.06. The summed E-state index contributed by atoms with van der Waals surface area (Å²) in [5.74, 6) is 0.895. The molecule has 15 heavy (non-hydrogen) atoms. The van der Waals surface area contributed by atoms with E-state index in [9.17, 15) is 0 Å². The van der Waals surface area contributed by atoms with Crippen LogP contribution in [0.25, 0.3) is 0 Å². The lowest BCUT2D eigenvalue weighted by Crippen LogP contribution is -2.31. The standard InChI is InChI=1S/C11H16N3O/c1-12-9-5-3-7-13-11(9)14(2)10-6-4-8-15-10/h3,5,7,10H,4,6,8H2,1-2H3. The number of rotatable bonds is 3. The van der Waals surface area contributed by atoms with Crippen molar-refractivity contribution in [2.24, 2.45) is 0 Å². The van der Waals surface area contributed by atoms with E-state index in [0.29, 0.717) is 0 Å². The van der Waals surface area contributed by atoms with Crippen LogP contribution in [-0.2, 0) is 4.74 Å². The summed E-state index contributed by atoms with van der Waals surface area (Å²) in [5, 5.41) is 4.20. The summed E-state index contributed by atoms with van der Waals surface area (Å²) < 4.78 is 5.61. The van der Waals surface area contributed by atoms with Gasteiger partial charge in [0, 0.05) is 26.9 Å². The van der Waals surface area contributed by atoms with E-state index in [2.05, 4.69) is 15.2 Å². The summed E-state index contributed by atoms with van der Waals surface area (Å²) in [4.78, 5) is 6.41. The minimum absolute atomic E-state index is 0.153. The zero-order valence-corrected chi connectivity index (χ0v) is 9.18. The lowest BCUT2D eigenvalue weighted by molar-refractivity contribution is 0.111. The molecule has 1 aromatic heterocycles. The van der Waals surface area contributed by atoms with Crippen LogP contribution in [0.4, 0.5) is 11.5 Å². The van der Waals surface area contributed by atoms with Crippen LogP contribution in [0.2, 0.25) is 0 Å². The summed E-state index contributed by atoms with van der Waals surface area (Å²) in [7, 11) is 3.79. The Hall–Kier alpha value is -1.29. The van der Waals surface area contributed by atoms with Crippen LogP contribution in [-0.4, -0.2) is 31.9 Å². The average molecular weight is 206 g/mol. The highest BCUT2D eigenvalue weighted by Crippen LogP contribution is 2.26. The predicted molar refractivity (Wildman–Crippen MR) is 59.3 cm³/mol. The van der Waals surface area contributed by atoms with E-state index in [1.54, 1.807) is 13.2 Å². The van der Waals surface area contributed by atoms with Crippen LogP contribution in [0, 0.1) is 0 Å². The molecule has 2 rings (SSSR count). The quantitative estimate of drug-likeness (QED) is 0.752. The molecule has 1 aromatic rings. The summed E-state index contributed by atoms with van der Waals surface area (Å²) >= 11 is 0. The Bertz CT molecular complexity index is 323. The number of aromatic nitrogens is 1. The predicted octanol–water partition coefficient (Wildman–Crippen LogP) is 1.52. The maximum Gasteiger partial charge on any atom is 0.155 e. The molecule has 1 aliphatic heterocycles. The fourth-order valence-corrected chi connectivity index (χ4v) is 1.84. The molecule has 0 N–H and O–H groups in total. The van der Waals surface area contributed by atoms with Crippen molar-refractivity contribution in [2.75, 3.05) is 25.6 Å². The van der Waals surface area contributed by atoms with Gasteiger partial charge < -0.3 is 9.64 Å². The first-order chi connectivity index (χ1) is 7.33. The van der Waals surface area contributed by atoms with Gasteiger partial charge in [-0.15, -0.1) is 0 Å². The molecule has 0 saturated carbocycles. The molecular weight excluding hydrogens is 190 g/mol. The Labute approximate surface area is 90.3 Å². The SMILES string of the molecule is C[N]c1cccnc1N(C)C1CCCO1. The van der Waals surface area contributed by atoms with Crippen LogP contribution >= 0.6 is 0 Å². The van der Waals surface area contributed by atoms with Crippen LogP contribution in [0.15, 0.2) is 18.3 Å². The van der Waals surface area contributed by atoms with Crippen LogP contribution in [0.3, 0.4) is 0 Å². The van der Waals surface area contributed by atoms with E-state index < -0.39 is 0 Å². The van der Waals surface area contributed by atoms with Crippen molar-refractivity contribution < 1.29 is 4.74 Å². The molecule has 1 radical (unpaired) electrons. The second kappa shape index (κ2) is 4.49. The van der Waals surface area contributed by atoms with Crippen LogP contribution in [0.1, 0.15) is 12.8 Å². The second-order valence-corrected chi connectivity index (χ2v) is 3.65. The van der Waals surface area contributed by atoms with Crippen molar-refractivity contribution in [3.8, 4) is 0 Å². The van der Waals surface area contributed by atoms with Gasteiger partial charge >= 0.3 is 0 Å². The van der Waals surface area contributed by atoms with Gasteiger partial charge in [0.25, 0.3) is 0 Å². The van der Waals surface area contributed by atoms with Gasteiger partial charge in [-0.3, -0.25) is 5.32 Å². The molecule has 0 spiro atoms. The lowest BCUT2D eigenvalue weighted by Gasteiger charge is -2.25. The largest absolute Gasteiger partial charge is 0.358 e. The highest BCUT2D eigenvalue weighted by Gasteiger charge is 2.22. The van der Waals surface area contributed by atoms with E-state index in [0.717, 1.165) is 31.0 Å². The van der Waals surface area contributed by atoms with Crippen molar-refractivity contribution >= 4 is 11.5 Å². The number of anilines is 1. The number of ether oxygens (including phenoxy) is 1. The van der Waals surface area contributed by atoms with Gasteiger partial charge in [0.05, 0.1) is 5.69 Å². The van der Waals surface area contributed by atoms with Crippen molar-refractivity contribution in [3.05, 3.63) is 18.3 Å². The monoisotopic (exact) mass is 206 g/mol. The van der Waals surface area contributed by atoms with Crippen molar-refractivity contribution in [2.45, 2.75) is 19.1 Å². The third-order valence-electron chi connectivity index (χ3n) is 2.68. The zero-order chi connectivity index (χ0) is 10.7. The topological polar surface area (TPSA) is 39.5 Å². The molecular formula is C11H16N3O. The Morgan fingerprint density at radius 2 is 2.47 bits per heavy atom. The second-order valence-electron chi connectivity index (χ2n) is 3.65. The minimum atomic E-state index is 0.153. The molecule has 0 aromatic carbocycles. The first-order valence-electron chi connectivity index (χ1n) is 5.22. The molecule has 1 fully saturated rings. The maximum absolute atomic E-state index is 5.61. The average Bonchev–Trinajstić information content (AvgIpc) is 2.81. The molecule has 1 aliphatic rings. The number of hydrogen-bond acceptors (Lipinski definition) is 3. The van der Waals surface area contributed by atoms with Gasteiger partial charge in [0.2, 0.25) is 0 Å². The summed E-state index contributed by atoms with van der Waals surface area (Å²) in [5.41, 5.74) is 0.913. The summed E-state index contributed by atoms with van der Waals surface area (Å²) in [6, 6.07) is 3.86. The molecule has 4 nitrogen and oxygen atoms in total. The molecule has 1 unspecified atom stereocenters. The van der Waals surface area contributed by atoms with Gasteiger partial charge in [-0.1, -0.05) is 0 Å². The third kappa shape index (κ3) is 2.04. The van der Waals surface area contributed by atoms with E-state index in [1.807, 2.05) is 19.2 Å². The maximum atomic E-state index is 5.61. The van der Waals surface area contributed by atoms with Crippen molar-refractivity contribution in [1.29, 1.82) is 0 Å². The van der Waals surface area contributed by atoms with Gasteiger partial charge in [0.1, 0.15) is 6.23 Å². The smallest absolute Gasteiger partial charge is 0.155 e. The zero-order valence-electron chi connectivity index (χ0n) is 9.18. The van der Waals surface area contributed by atoms with Gasteiger partial charge in [-0.05, 0) is 25.0 Å². The fraction of sp³-hybridized carbons (Fsp3) is 0.545. The van der Waals surface area contributed by atoms with Gasteiger partial charge in [0.15, 0.2) is 5.82 Å². The molecule has 1 saturated heterocycles. The lowest BCUT2D eigenvalue weighted by atomic mass is 10.3.